The van der Waals surface area contributed by atoms with E-state index in [0.717, 1.165) is 46.9 Å². The van der Waals surface area contributed by atoms with Gasteiger partial charge in [0, 0.05) is 22.3 Å². The number of rotatable bonds is 3. The molecule has 28 heavy (non-hydrogen) atoms. The van der Waals surface area contributed by atoms with Gasteiger partial charge in [0.15, 0.2) is 5.82 Å². The number of fused-ring (bicyclic) bond motifs is 3. The van der Waals surface area contributed by atoms with Crippen molar-refractivity contribution in [1.82, 2.24) is 9.97 Å². The van der Waals surface area contributed by atoms with Crippen LogP contribution in [0.15, 0.2) is 78.9 Å². The number of aromatic nitrogens is 2. The summed E-state index contributed by atoms with van der Waals surface area (Å²) < 4.78 is 5.32. The molecule has 136 valence electrons. The molecule has 0 fully saturated rings. The van der Waals surface area contributed by atoms with Crippen molar-refractivity contribution in [2.75, 3.05) is 7.11 Å². The highest BCUT2D eigenvalue weighted by molar-refractivity contribution is 5.79. The minimum absolute atomic E-state index is 0.766. The molecule has 0 radical (unpaired) electrons. The number of benzene rings is 3. The lowest BCUT2D eigenvalue weighted by molar-refractivity contribution is 0.415. The summed E-state index contributed by atoms with van der Waals surface area (Å²) in [5.41, 5.74) is 8.00. The average molecular weight is 364 g/mol. The molecule has 0 bridgehead atoms. The first-order chi connectivity index (χ1) is 13.8. The number of aryl methyl sites for hydroxylation is 1. The molecule has 3 heteroatoms. The van der Waals surface area contributed by atoms with Crippen LogP contribution in [0.3, 0.4) is 0 Å². The van der Waals surface area contributed by atoms with Crippen molar-refractivity contribution in [2.45, 2.75) is 12.8 Å². The number of ether oxygens (including phenoxy) is 1. The Bertz CT molecular complexity index is 1140. The van der Waals surface area contributed by atoms with Crippen LogP contribution in [0, 0.1) is 0 Å². The molecule has 1 aliphatic carbocycles. The van der Waals surface area contributed by atoms with Crippen LogP contribution in [0.4, 0.5) is 0 Å². The van der Waals surface area contributed by atoms with Gasteiger partial charge in [-0.2, -0.15) is 0 Å². The van der Waals surface area contributed by atoms with E-state index in [1.54, 1.807) is 7.11 Å². The van der Waals surface area contributed by atoms with Gasteiger partial charge in [-0.15, -0.1) is 0 Å². The van der Waals surface area contributed by atoms with Gasteiger partial charge in [-0.1, -0.05) is 54.6 Å². The molecule has 0 saturated heterocycles. The molecule has 0 aliphatic heterocycles. The van der Waals surface area contributed by atoms with Crippen LogP contribution in [0.1, 0.15) is 11.1 Å². The van der Waals surface area contributed by atoms with Gasteiger partial charge in [-0.05, 0) is 42.7 Å². The van der Waals surface area contributed by atoms with Crippen LogP contribution < -0.4 is 4.74 Å². The summed E-state index contributed by atoms with van der Waals surface area (Å²) in [6, 6.07) is 26.9. The van der Waals surface area contributed by atoms with Crippen LogP contribution in [-0.4, -0.2) is 17.1 Å². The highest BCUT2D eigenvalue weighted by Gasteiger charge is 2.23. The van der Waals surface area contributed by atoms with Crippen molar-refractivity contribution in [1.29, 1.82) is 0 Å². The predicted molar refractivity (Wildman–Crippen MR) is 112 cm³/mol. The monoisotopic (exact) mass is 364 g/mol. The normalized spacial score (nSPS) is 12.2. The Labute approximate surface area is 164 Å². The zero-order valence-corrected chi connectivity index (χ0v) is 15.7. The molecule has 3 nitrogen and oxygen atoms in total. The number of nitrogens with zero attached hydrogens (tertiary/aromatic N) is 2. The highest BCUT2D eigenvalue weighted by atomic mass is 16.5. The molecular formula is C25H20N2O. The lowest BCUT2D eigenvalue weighted by Crippen LogP contribution is -2.10. The topological polar surface area (TPSA) is 35.0 Å². The molecule has 0 unspecified atom stereocenters. The van der Waals surface area contributed by atoms with Gasteiger partial charge in [0.1, 0.15) is 5.75 Å². The van der Waals surface area contributed by atoms with E-state index in [9.17, 15) is 0 Å². The van der Waals surface area contributed by atoms with E-state index in [1.807, 2.05) is 30.3 Å². The van der Waals surface area contributed by atoms with Gasteiger partial charge < -0.3 is 4.74 Å². The summed E-state index contributed by atoms with van der Waals surface area (Å²) in [4.78, 5) is 10.0. The van der Waals surface area contributed by atoms with E-state index in [-0.39, 0.29) is 0 Å². The second kappa shape index (κ2) is 6.93. The van der Waals surface area contributed by atoms with E-state index in [2.05, 4.69) is 48.5 Å². The van der Waals surface area contributed by atoms with Gasteiger partial charge in [-0.3, -0.25) is 0 Å². The third-order valence-corrected chi connectivity index (χ3v) is 5.32. The number of hydrogen-bond acceptors (Lipinski definition) is 3. The molecule has 4 aromatic rings. The van der Waals surface area contributed by atoms with Crippen molar-refractivity contribution >= 4 is 0 Å². The molecule has 1 aromatic heterocycles. The summed E-state index contributed by atoms with van der Waals surface area (Å²) in [6.07, 6.45) is 1.96. The van der Waals surface area contributed by atoms with Crippen LogP contribution in [0.25, 0.3) is 33.9 Å². The Hall–Kier alpha value is -3.46. The standard InChI is InChI=1S/C25H20N2O/c1-28-20-14-11-18(12-15-20)23-22-16-13-17-7-5-6-10-21(17)24(22)27-25(26-23)19-8-3-2-4-9-19/h2-12,14-15H,13,16H2,1H3. The van der Waals surface area contributed by atoms with Gasteiger partial charge >= 0.3 is 0 Å². The van der Waals surface area contributed by atoms with Crippen LogP contribution in [-0.2, 0) is 12.8 Å². The Morgan fingerprint density at radius 3 is 2.18 bits per heavy atom. The lowest BCUT2D eigenvalue weighted by atomic mass is 9.86. The maximum absolute atomic E-state index is 5.32. The smallest absolute Gasteiger partial charge is 0.160 e. The Kier molecular flexibility index (Phi) is 4.13. The van der Waals surface area contributed by atoms with Gasteiger partial charge in [0.25, 0.3) is 0 Å². The van der Waals surface area contributed by atoms with Gasteiger partial charge in [0.2, 0.25) is 0 Å². The molecule has 0 atom stereocenters. The second-order valence-corrected chi connectivity index (χ2v) is 6.97. The summed E-state index contributed by atoms with van der Waals surface area (Å²) in [7, 11) is 1.69. The van der Waals surface area contributed by atoms with Crippen molar-refractivity contribution < 1.29 is 4.74 Å². The van der Waals surface area contributed by atoms with Crippen molar-refractivity contribution in [3.63, 3.8) is 0 Å². The van der Waals surface area contributed by atoms with Crippen molar-refractivity contribution in [3.8, 4) is 39.7 Å². The van der Waals surface area contributed by atoms with Crippen molar-refractivity contribution in [3.05, 3.63) is 90.0 Å². The molecule has 0 spiro atoms. The maximum atomic E-state index is 5.32. The summed E-state index contributed by atoms with van der Waals surface area (Å²) in [5, 5.41) is 0. The van der Waals surface area contributed by atoms with Gasteiger partial charge in [0.05, 0.1) is 18.5 Å². The fourth-order valence-corrected chi connectivity index (χ4v) is 3.88. The molecule has 5 rings (SSSR count). The fraction of sp³-hybridized carbons (Fsp3) is 0.120. The Morgan fingerprint density at radius 2 is 1.39 bits per heavy atom. The minimum Gasteiger partial charge on any atom is -0.497 e. The largest absolute Gasteiger partial charge is 0.497 e. The zero-order valence-electron chi connectivity index (χ0n) is 15.7. The third kappa shape index (κ3) is 2.85. The molecular weight excluding hydrogens is 344 g/mol. The first kappa shape index (κ1) is 16.7. The summed E-state index contributed by atoms with van der Waals surface area (Å²) in [5.74, 6) is 1.61. The first-order valence-corrected chi connectivity index (χ1v) is 9.52. The fourth-order valence-electron chi connectivity index (χ4n) is 3.88. The SMILES string of the molecule is COc1ccc(-c2nc(-c3ccccc3)nc3c2CCc2ccccc2-3)cc1. The second-order valence-electron chi connectivity index (χ2n) is 6.97. The Morgan fingerprint density at radius 1 is 0.679 bits per heavy atom. The van der Waals surface area contributed by atoms with Crippen LogP contribution in [0.5, 0.6) is 5.75 Å². The van der Waals surface area contributed by atoms with Crippen molar-refractivity contribution in [2.24, 2.45) is 0 Å². The lowest BCUT2D eigenvalue weighted by Gasteiger charge is -2.22. The molecule has 0 amide bonds. The molecule has 0 N–H and O–H groups in total. The molecule has 0 saturated carbocycles. The van der Waals surface area contributed by atoms with Crippen LogP contribution in [0.2, 0.25) is 0 Å². The molecule has 1 heterocycles. The van der Waals surface area contributed by atoms with Gasteiger partial charge in [-0.25, -0.2) is 9.97 Å². The zero-order chi connectivity index (χ0) is 18.9. The summed E-state index contributed by atoms with van der Waals surface area (Å²) in [6.45, 7) is 0. The number of hydrogen-bond donors (Lipinski definition) is 0. The maximum Gasteiger partial charge on any atom is 0.160 e. The van der Waals surface area contributed by atoms with E-state index in [0.29, 0.717) is 0 Å². The average Bonchev–Trinajstić information content (AvgIpc) is 2.79. The third-order valence-electron chi connectivity index (χ3n) is 5.32. The van der Waals surface area contributed by atoms with Crippen LogP contribution >= 0.6 is 0 Å². The predicted octanol–water partition coefficient (Wildman–Crippen LogP) is 5.58. The number of methoxy groups -OCH3 is 1. The molecule has 3 aromatic carbocycles. The van der Waals surface area contributed by atoms with E-state index in [1.165, 1.54) is 16.7 Å². The minimum atomic E-state index is 0.766. The molecule has 1 aliphatic rings. The first-order valence-electron chi connectivity index (χ1n) is 9.52. The summed E-state index contributed by atoms with van der Waals surface area (Å²) >= 11 is 0. The quantitative estimate of drug-likeness (QED) is 0.476. The van der Waals surface area contributed by atoms with E-state index in [4.69, 9.17) is 14.7 Å². The highest BCUT2D eigenvalue weighted by Crippen LogP contribution is 2.38. The van der Waals surface area contributed by atoms with E-state index < -0.39 is 0 Å². The van der Waals surface area contributed by atoms with E-state index >= 15 is 0 Å². The Balaban J connectivity index is 1.76.